The standard InChI is InChI=1S/C25H35O2P/c1-10-25(8,28-22-12-11-16(2)13-19(22)18(4)26)21-15-17(3)14-20(23(21)27-9)24(5,6)7/h11-15,28H,10H2,1-9H3. The zero-order valence-electron chi connectivity index (χ0n) is 18.9. The summed E-state index contributed by atoms with van der Waals surface area (Å²) in [4.78, 5) is 12.3. The molecule has 0 saturated heterocycles. The molecule has 0 aliphatic rings. The van der Waals surface area contributed by atoms with Gasteiger partial charge in [0.15, 0.2) is 5.78 Å². The molecule has 2 aromatic carbocycles. The van der Waals surface area contributed by atoms with Crippen LogP contribution >= 0.6 is 8.58 Å². The van der Waals surface area contributed by atoms with Crippen LogP contribution in [0.2, 0.25) is 0 Å². The highest BCUT2D eigenvalue weighted by Crippen LogP contribution is 2.50. The van der Waals surface area contributed by atoms with Gasteiger partial charge in [-0.3, -0.25) is 4.79 Å². The quantitative estimate of drug-likeness (QED) is 0.413. The topological polar surface area (TPSA) is 26.3 Å². The van der Waals surface area contributed by atoms with Gasteiger partial charge in [0.1, 0.15) is 5.75 Å². The van der Waals surface area contributed by atoms with Crippen molar-refractivity contribution in [1.29, 1.82) is 0 Å². The van der Waals surface area contributed by atoms with Crippen LogP contribution in [-0.2, 0) is 10.6 Å². The molecule has 0 aromatic heterocycles. The normalized spacial score (nSPS) is 14.3. The van der Waals surface area contributed by atoms with E-state index in [2.05, 4.69) is 65.8 Å². The third-order valence-electron chi connectivity index (χ3n) is 5.51. The molecule has 2 rings (SSSR count). The summed E-state index contributed by atoms with van der Waals surface area (Å²) in [5, 5.41) is 1.04. The molecule has 0 spiro atoms. The Morgan fingerprint density at radius 2 is 1.61 bits per heavy atom. The number of methoxy groups -OCH3 is 1. The van der Waals surface area contributed by atoms with Gasteiger partial charge in [-0.1, -0.05) is 78.6 Å². The van der Waals surface area contributed by atoms with Crippen LogP contribution in [0.3, 0.4) is 0 Å². The van der Waals surface area contributed by atoms with E-state index in [0.29, 0.717) is 8.58 Å². The first-order valence-electron chi connectivity index (χ1n) is 10.0. The number of carbonyl (C=O) groups excluding carboxylic acids is 1. The van der Waals surface area contributed by atoms with Crippen molar-refractivity contribution in [3.63, 3.8) is 0 Å². The van der Waals surface area contributed by atoms with E-state index in [1.807, 2.05) is 13.0 Å². The summed E-state index contributed by atoms with van der Waals surface area (Å²) in [7, 11) is 2.26. The first-order chi connectivity index (χ1) is 12.9. The zero-order chi connectivity index (χ0) is 21.3. The van der Waals surface area contributed by atoms with Crippen molar-refractivity contribution in [2.45, 2.75) is 72.4 Å². The Morgan fingerprint density at radius 1 is 1.00 bits per heavy atom. The van der Waals surface area contributed by atoms with Gasteiger partial charge in [0.05, 0.1) is 7.11 Å². The second-order valence-corrected chi connectivity index (χ2v) is 11.0. The van der Waals surface area contributed by atoms with Crippen molar-refractivity contribution in [3.05, 3.63) is 58.1 Å². The molecule has 2 atom stereocenters. The molecule has 0 fully saturated rings. The fourth-order valence-corrected chi connectivity index (χ4v) is 5.30. The molecule has 0 heterocycles. The first-order valence-corrected chi connectivity index (χ1v) is 11.0. The number of carbonyl (C=O) groups is 1. The van der Waals surface area contributed by atoms with Gasteiger partial charge in [-0.25, -0.2) is 0 Å². The number of rotatable bonds is 6. The molecule has 0 amide bonds. The molecule has 2 nitrogen and oxygen atoms in total. The zero-order valence-corrected chi connectivity index (χ0v) is 19.9. The average molecular weight is 399 g/mol. The summed E-state index contributed by atoms with van der Waals surface area (Å²) in [6.45, 7) is 17.1. The van der Waals surface area contributed by atoms with E-state index in [0.717, 1.165) is 28.6 Å². The maximum atomic E-state index is 12.3. The predicted octanol–water partition coefficient (Wildman–Crippen LogP) is 6.44. The Bertz CT molecular complexity index is 877. The van der Waals surface area contributed by atoms with Crippen LogP contribution < -0.4 is 10.0 Å². The van der Waals surface area contributed by atoms with E-state index in [-0.39, 0.29) is 16.4 Å². The fourth-order valence-electron chi connectivity index (χ4n) is 3.66. The Labute approximate surface area is 172 Å². The summed E-state index contributed by atoms with van der Waals surface area (Å²) in [6.07, 6.45) is 0.972. The maximum absolute atomic E-state index is 12.3. The molecule has 0 radical (unpaired) electrons. The van der Waals surface area contributed by atoms with Crippen LogP contribution in [0.4, 0.5) is 0 Å². The first kappa shape index (κ1) is 22.6. The van der Waals surface area contributed by atoms with Crippen LogP contribution in [-0.4, -0.2) is 12.9 Å². The molecule has 0 saturated carbocycles. The predicted molar refractivity (Wildman–Crippen MR) is 123 cm³/mol. The van der Waals surface area contributed by atoms with Gasteiger partial charge in [-0.2, -0.15) is 0 Å². The second-order valence-electron chi connectivity index (χ2n) is 9.06. The highest BCUT2D eigenvalue weighted by molar-refractivity contribution is 7.48. The number of ether oxygens (including phenoxy) is 1. The van der Waals surface area contributed by atoms with Crippen LogP contribution in [0.5, 0.6) is 5.75 Å². The number of Topliss-reactive ketones (excluding diaryl/α,β-unsaturated/α-hetero) is 1. The lowest BCUT2D eigenvalue weighted by atomic mass is 9.81. The smallest absolute Gasteiger partial charge is 0.160 e. The highest BCUT2D eigenvalue weighted by atomic mass is 31.1. The lowest BCUT2D eigenvalue weighted by Crippen LogP contribution is -2.24. The molecule has 3 heteroatoms. The van der Waals surface area contributed by atoms with Gasteiger partial charge in [0, 0.05) is 21.8 Å². The average Bonchev–Trinajstić information content (AvgIpc) is 2.61. The monoisotopic (exact) mass is 398 g/mol. The van der Waals surface area contributed by atoms with E-state index < -0.39 is 0 Å². The molecule has 0 aliphatic heterocycles. The lowest BCUT2D eigenvalue weighted by molar-refractivity contribution is 0.101. The van der Waals surface area contributed by atoms with Crippen LogP contribution in [0.15, 0.2) is 30.3 Å². The van der Waals surface area contributed by atoms with Gasteiger partial charge in [-0.15, -0.1) is 0 Å². The van der Waals surface area contributed by atoms with E-state index in [4.69, 9.17) is 4.74 Å². The minimum absolute atomic E-state index is 0.00171. The Morgan fingerprint density at radius 3 is 2.11 bits per heavy atom. The van der Waals surface area contributed by atoms with Gasteiger partial charge in [0.2, 0.25) is 0 Å². The Balaban J connectivity index is 2.68. The van der Waals surface area contributed by atoms with Gasteiger partial charge in [0.25, 0.3) is 0 Å². The van der Waals surface area contributed by atoms with E-state index >= 15 is 0 Å². The third-order valence-corrected chi connectivity index (χ3v) is 7.39. The Hall–Kier alpha value is -1.66. The number of aryl methyl sites for hydroxylation is 2. The van der Waals surface area contributed by atoms with E-state index in [9.17, 15) is 4.79 Å². The number of hydrogen-bond acceptors (Lipinski definition) is 2. The van der Waals surface area contributed by atoms with Crippen LogP contribution in [0.25, 0.3) is 0 Å². The van der Waals surface area contributed by atoms with Crippen LogP contribution in [0, 0.1) is 13.8 Å². The number of benzene rings is 2. The molecular formula is C25H35O2P. The molecule has 152 valence electrons. The van der Waals surface area contributed by atoms with Gasteiger partial charge < -0.3 is 4.74 Å². The lowest BCUT2D eigenvalue weighted by Gasteiger charge is -2.34. The largest absolute Gasteiger partial charge is 0.496 e. The van der Waals surface area contributed by atoms with Crippen molar-refractivity contribution in [2.24, 2.45) is 0 Å². The van der Waals surface area contributed by atoms with Gasteiger partial charge >= 0.3 is 0 Å². The fraction of sp³-hybridized carbons (Fsp3) is 0.480. The van der Waals surface area contributed by atoms with Crippen molar-refractivity contribution in [3.8, 4) is 5.75 Å². The summed E-state index contributed by atoms with van der Waals surface area (Å²) in [5.74, 6) is 1.13. The molecule has 0 bridgehead atoms. The SMILES string of the molecule is CCC(C)(Pc1ccc(C)cc1C(C)=O)c1cc(C)cc(C(C)(C)C)c1OC. The Kier molecular flexibility index (Phi) is 6.77. The maximum Gasteiger partial charge on any atom is 0.160 e. The molecule has 28 heavy (non-hydrogen) atoms. The third kappa shape index (κ3) is 4.66. The highest BCUT2D eigenvalue weighted by Gasteiger charge is 2.33. The van der Waals surface area contributed by atoms with Crippen molar-refractivity contribution in [1.82, 2.24) is 0 Å². The molecule has 2 unspecified atom stereocenters. The van der Waals surface area contributed by atoms with Gasteiger partial charge in [-0.05, 0) is 44.0 Å². The molecular weight excluding hydrogens is 363 g/mol. The van der Waals surface area contributed by atoms with Crippen molar-refractivity contribution < 1.29 is 9.53 Å². The summed E-state index contributed by atoms with van der Waals surface area (Å²) >= 11 is 0. The molecule has 0 aliphatic carbocycles. The summed E-state index contributed by atoms with van der Waals surface area (Å²) < 4.78 is 5.98. The number of ketones is 1. The van der Waals surface area contributed by atoms with Crippen molar-refractivity contribution in [2.75, 3.05) is 7.11 Å². The molecule has 0 N–H and O–H groups in total. The van der Waals surface area contributed by atoms with Crippen molar-refractivity contribution >= 4 is 19.7 Å². The summed E-state index contributed by atoms with van der Waals surface area (Å²) in [5.41, 5.74) is 5.71. The second kappa shape index (κ2) is 8.37. The van der Waals surface area contributed by atoms with E-state index in [1.165, 1.54) is 16.7 Å². The molecule has 2 aromatic rings. The minimum atomic E-state index is -0.100. The summed E-state index contributed by atoms with van der Waals surface area (Å²) in [6, 6.07) is 10.8. The van der Waals surface area contributed by atoms with Crippen LogP contribution in [0.1, 0.15) is 80.6 Å². The van der Waals surface area contributed by atoms with E-state index in [1.54, 1.807) is 14.0 Å². The number of hydrogen-bond donors (Lipinski definition) is 0. The minimum Gasteiger partial charge on any atom is -0.496 e.